The molecule has 0 spiro atoms. The lowest BCUT2D eigenvalue weighted by Gasteiger charge is -2.37. The van der Waals surface area contributed by atoms with Crippen molar-refractivity contribution in [2.75, 3.05) is 13.7 Å². The summed E-state index contributed by atoms with van der Waals surface area (Å²) in [6.45, 7) is 19.4. The van der Waals surface area contributed by atoms with Gasteiger partial charge in [-0.15, -0.1) is 0 Å². The first kappa shape index (κ1) is 25.8. The van der Waals surface area contributed by atoms with Crippen molar-refractivity contribution in [2.24, 2.45) is 10.9 Å². The number of aliphatic imine (C=N–C) groups is 1. The van der Waals surface area contributed by atoms with E-state index < -0.39 is 8.32 Å². The van der Waals surface area contributed by atoms with Gasteiger partial charge in [0, 0.05) is 24.9 Å². The second-order valence-corrected chi connectivity index (χ2v) is 15.5. The first-order valence-electron chi connectivity index (χ1n) is 11.7. The highest BCUT2D eigenvalue weighted by atomic mass is 28.4. The van der Waals surface area contributed by atoms with E-state index in [1.807, 2.05) is 0 Å². The quantitative estimate of drug-likeness (QED) is 0.256. The van der Waals surface area contributed by atoms with Gasteiger partial charge in [0.25, 0.3) is 0 Å². The van der Waals surface area contributed by atoms with Gasteiger partial charge in [-0.05, 0) is 49.4 Å². The van der Waals surface area contributed by atoms with Crippen molar-refractivity contribution < 1.29 is 9.16 Å². The van der Waals surface area contributed by atoms with Crippen LogP contribution in [0.2, 0.25) is 18.1 Å². The van der Waals surface area contributed by atoms with Gasteiger partial charge in [0.15, 0.2) is 8.32 Å². The van der Waals surface area contributed by atoms with Crippen molar-refractivity contribution in [3.8, 4) is 0 Å². The lowest BCUT2D eigenvalue weighted by Crippen LogP contribution is -2.41. The van der Waals surface area contributed by atoms with Gasteiger partial charge < -0.3 is 14.1 Å². The van der Waals surface area contributed by atoms with Gasteiger partial charge in [0.1, 0.15) is 5.84 Å². The number of amidine groups is 1. The second-order valence-electron chi connectivity index (χ2n) is 10.6. The van der Waals surface area contributed by atoms with Crippen LogP contribution in [-0.2, 0) is 15.8 Å². The van der Waals surface area contributed by atoms with E-state index in [1.165, 1.54) is 11.1 Å². The summed E-state index contributed by atoms with van der Waals surface area (Å²) in [6, 6.07) is 9.13. The summed E-state index contributed by atoms with van der Waals surface area (Å²) >= 11 is 0. The fourth-order valence-corrected chi connectivity index (χ4v) is 4.36. The molecule has 1 aliphatic heterocycles. The fourth-order valence-electron chi connectivity index (χ4n) is 3.41. The largest absolute Gasteiger partial charge is 0.413 e. The Labute approximate surface area is 191 Å². The predicted octanol–water partition coefficient (Wildman–Crippen LogP) is 6.62. The molecule has 0 radical (unpaired) electrons. The first-order chi connectivity index (χ1) is 14.5. The lowest BCUT2D eigenvalue weighted by molar-refractivity contribution is 0.164. The van der Waals surface area contributed by atoms with Crippen LogP contribution in [-0.4, -0.2) is 44.9 Å². The number of methoxy groups -OCH3 is 1. The zero-order chi connectivity index (χ0) is 23.2. The molecule has 2 rings (SSSR count). The van der Waals surface area contributed by atoms with E-state index in [4.69, 9.17) is 14.2 Å². The summed E-state index contributed by atoms with van der Waals surface area (Å²) in [5.74, 6) is 1.43. The first-order valence-corrected chi connectivity index (χ1v) is 14.6. The number of hydrogen-bond donors (Lipinski definition) is 0. The number of rotatable bonds is 8. The maximum absolute atomic E-state index is 6.61. The molecule has 4 nitrogen and oxygen atoms in total. The molecule has 1 aromatic rings. The SMILES string of the molecule is COC[C@@H](N=C(c1ccccc1CO[Si](C)(C)C(C)(C)C)N1C=CCC[C@H]1C)C(C)C. The molecule has 0 N–H and O–H groups in total. The fraction of sp³-hybridized carbons (Fsp3) is 0.654. The lowest BCUT2D eigenvalue weighted by atomic mass is 10.0. The Bertz CT molecular complexity index is 765. The minimum absolute atomic E-state index is 0.108. The molecule has 1 heterocycles. The molecule has 31 heavy (non-hydrogen) atoms. The molecular formula is C26H44N2O2Si. The van der Waals surface area contributed by atoms with Crippen LogP contribution in [0.3, 0.4) is 0 Å². The molecule has 0 fully saturated rings. The number of nitrogens with zero attached hydrogens (tertiary/aromatic N) is 2. The molecule has 5 heteroatoms. The summed E-state index contributed by atoms with van der Waals surface area (Å²) in [6.07, 6.45) is 6.72. The molecule has 2 atom stereocenters. The van der Waals surface area contributed by atoms with E-state index in [1.54, 1.807) is 7.11 Å². The summed E-state index contributed by atoms with van der Waals surface area (Å²) in [4.78, 5) is 7.63. The molecule has 174 valence electrons. The van der Waals surface area contributed by atoms with Gasteiger partial charge in [0.05, 0.1) is 19.3 Å². The van der Waals surface area contributed by atoms with Crippen LogP contribution in [0.15, 0.2) is 41.5 Å². The second kappa shape index (κ2) is 10.9. The third kappa shape index (κ3) is 6.77. The van der Waals surface area contributed by atoms with Crippen molar-refractivity contribution in [1.82, 2.24) is 4.90 Å². The van der Waals surface area contributed by atoms with Crippen LogP contribution in [0, 0.1) is 5.92 Å². The number of hydrogen-bond acceptors (Lipinski definition) is 3. The van der Waals surface area contributed by atoms with Gasteiger partial charge >= 0.3 is 0 Å². The zero-order valence-corrected chi connectivity index (χ0v) is 22.2. The molecule has 0 saturated heterocycles. The van der Waals surface area contributed by atoms with Crippen LogP contribution in [0.1, 0.15) is 65.5 Å². The molecule has 0 aromatic heterocycles. The third-order valence-corrected chi connectivity index (χ3v) is 11.3. The Morgan fingerprint density at radius 2 is 1.90 bits per heavy atom. The van der Waals surface area contributed by atoms with Gasteiger partial charge in [-0.2, -0.15) is 0 Å². The van der Waals surface area contributed by atoms with Crippen molar-refractivity contribution in [3.05, 3.63) is 47.7 Å². The minimum Gasteiger partial charge on any atom is -0.413 e. The maximum Gasteiger partial charge on any atom is 0.192 e. The predicted molar refractivity (Wildman–Crippen MR) is 135 cm³/mol. The van der Waals surface area contributed by atoms with Crippen LogP contribution < -0.4 is 0 Å². The van der Waals surface area contributed by atoms with Crippen molar-refractivity contribution in [1.29, 1.82) is 0 Å². The molecule has 1 aliphatic rings. The minimum atomic E-state index is -1.85. The summed E-state index contributed by atoms with van der Waals surface area (Å²) in [5, 5.41) is 0.185. The van der Waals surface area contributed by atoms with Crippen molar-refractivity contribution in [2.45, 2.75) is 91.2 Å². The third-order valence-electron chi connectivity index (χ3n) is 6.78. The highest BCUT2D eigenvalue weighted by molar-refractivity contribution is 6.74. The van der Waals surface area contributed by atoms with E-state index >= 15 is 0 Å². The van der Waals surface area contributed by atoms with Gasteiger partial charge in [-0.3, -0.25) is 4.99 Å². The van der Waals surface area contributed by atoms with Crippen LogP contribution in [0.25, 0.3) is 0 Å². The van der Waals surface area contributed by atoms with Gasteiger partial charge in [-0.1, -0.05) is 65.0 Å². The van der Waals surface area contributed by atoms with Crippen molar-refractivity contribution >= 4 is 14.2 Å². The molecular weight excluding hydrogens is 400 g/mol. The number of ether oxygens (including phenoxy) is 1. The molecule has 0 unspecified atom stereocenters. The maximum atomic E-state index is 6.61. The summed E-state index contributed by atoms with van der Waals surface area (Å²) in [7, 11) is -0.0895. The van der Waals surface area contributed by atoms with Gasteiger partial charge in [-0.25, -0.2) is 0 Å². The molecule has 0 saturated carbocycles. The molecule has 0 aliphatic carbocycles. The highest BCUT2D eigenvalue weighted by Gasteiger charge is 2.37. The molecule has 0 bridgehead atoms. The van der Waals surface area contributed by atoms with E-state index in [-0.39, 0.29) is 11.1 Å². The standard InChI is InChI=1S/C26H44N2O2Si/c1-20(2)24(19-29-7)27-25(28-17-13-12-14-21(28)3)23-16-11-10-15-22(23)18-30-31(8,9)26(4,5)6/h10-11,13,15-17,20-21,24H,12,14,18-19H2,1-9H3/t21-,24-/m1/s1. The number of benzene rings is 1. The number of allylic oxidation sites excluding steroid dienone is 1. The van der Waals surface area contributed by atoms with Gasteiger partial charge in [0.2, 0.25) is 0 Å². The average Bonchev–Trinajstić information content (AvgIpc) is 2.70. The normalized spacial score (nSPS) is 19.2. The Morgan fingerprint density at radius 3 is 2.48 bits per heavy atom. The van der Waals surface area contributed by atoms with Crippen LogP contribution in [0.5, 0.6) is 0 Å². The summed E-state index contributed by atoms with van der Waals surface area (Å²) in [5.41, 5.74) is 2.37. The Balaban J connectivity index is 2.49. The molecule has 1 aromatic carbocycles. The van der Waals surface area contributed by atoms with Crippen LogP contribution in [0.4, 0.5) is 0 Å². The van der Waals surface area contributed by atoms with E-state index in [0.717, 1.165) is 18.7 Å². The topological polar surface area (TPSA) is 34.1 Å². The smallest absolute Gasteiger partial charge is 0.192 e. The van der Waals surface area contributed by atoms with E-state index in [9.17, 15) is 0 Å². The highest BCUT2D eigenvalue weighted by Crippen LogP contribution is 2.37. The Kier molecular flexibility index (Phi) is 9.11. The van der Waals surface area contributed by atoms with Crippen molar-refractivity contribution in [3.63, 3.8) is 0 Å². The Morgan fingerprint density at radius 1 is 1.23 bits per heavy atom. The van der Waals surface area contributed by atoms with E-state index in [0.29, 0.717) is 25.2 Å². The zero-order valence-electron chi connectivity index (χ0n) is 21.2. The average molecular weight is 445 g/mol. The monoisotopic (exact) mass is 444 g/mol. The Hall–Kier alpha value is -1.43. The molecule has 0 amide bonds. The van der Waals surface area contributed by atoms with E-state index in [2.05, 4.69) is 96.1 Å². The van der Waals surface area contributed by atoms with Crippen LogP contribution >= 0.6 is 0 Å². The summed E-state index contributed by atoms with van der Waals surface area (Å²) < 4.78 is 12.1.